The average molecular weight is 595 g/mol. The summed E-state index contributed by atoms with van der Waals surface area (Å²) in [6.45, 7) is 0. The summed E-state index contributed by atoms with van der Waals surface area (Å²) in [6, 6.07) is 6.72. The number of hydrogen-bond donors (Lipinski definition) is 2. The largest absolute Gasteiger partial charge is 0.389 e. The Bertz CT molecular complexity index is 1520. The van der Waals surface area contributed by atoms with Gasteiger partial charge in [0.1, 0.15) is 0 Å². The molecule has 2 fully saturated rings. The molecule has 0 aliphatic heterocycles. The van der Waals surface area contributed by atoms with Gasteiger partial charge in [-0.25, -0.2) is 22.2 Å². The zero-order valence-corrected chi connectivity index (χ0v) is 23.0. The number of carbonyl (C=O) groups is 2. The lowest BCUT2D eigenvalue weighted by molar-refractivity contribution is -0.0645. The van der Waals surface area contributed by atoms with E-state index in [2.05, 4.69) is 10.3 Å². The van der Waals surface area contributed by atoms with Gasteiger partial charge in [0.2, 0.25) is 0 Å². The van der Waals surface area contributed by atoms with Gasteiger partial charge >= 0.3 is 0 Å². The Kier molecular flexibility index (Phi) is 7.62. The maximum absolute atomic E-state index is 13.7. The molecule has 0 radical (unpaired) electrons. The van der Waals surface area contributed by atoms with Crippen LogP contribution in [0.25, 0.3) is 0 Å². The summed E-state index contributed by atoms with van der Waals surface area (Å²) in [7, 11) is -3.98. The molecule has 206 valence electrons. The highest BCUT2D eigenvalue weighted by Gasteiger charge is 2.55. The molecule has 2 aliphatic rings. The normalized spacial score (nSPS) is 24.5. The lowest BCUT2D eigenvalue weighted by atomic mass is 9.71. The SMILES string of the molecule is O=C(Nc1ccc(F)c(F)c1)c1ccc(Cl)c(S(=O)(=O)C2CC3CC[C@@H](C2)C3(O)CCC(=O)c2nccs2)c1. The minimum atomic E-state index is -3.98. The van der Waals surface area contributed by atoms with E-state index in [1.54, 1.807) is 11.6 Å². The summed E-state index contributed by atoms with van der Waals surface area (Å²) in [4.78, 5) is 29.1. The van der Waals surface area contributed by atoms with Crippen LogP contribution in [0, 0.1) is 23.5 Å². The Morgan fingerprint density at radius 3 is 2.46 bits per heavy atom. The number of halogens is 3. The number of aliphatic hydroxyl groups is 1. The van der Waals surface area contributed by atoms with Crippen LogP contribution in [-0.4, -0.2) is 41.0 Å². The van der Waals surface area contributed by atoms with Crippen LogP contribution in [0.2, 0.25) is 5.02 Å². The van der Waals surface area contributed by atoms with E-state index < -0.39 is 38.2 Å². The van der Waals surface area contributed by atoms with E-state index in [-0.39, 0.29) is 64.5 Å². The number of carbonyl (C=O) groups excluding carboxylic acids is 2. The predicted octanol–water partition coefficient (Wildman–Crippen LogP) is 5.68. The maximum atomic E-state index is 13.7. The van der Waals surface area contributed by atoms with Crippen LogP contribution < -0.4 is 5.32 Å². The third-order valence-corrected chi connectivity index (χ3v) is 11.4. The van der Waals surface area contributed by atoms with Crippen LogP contribution in [0.3, 0.4) is 0 Å². The number of benzene rings is 2. The van der Waals surface area contributed by atoms with E-state index >= 15 is 0 Å². The summed E-state index contributed by atoms with van der Waals surface area (Å²) in [5.74, 6) is -3.63. The molecule has 0 spiro atoms. The number of anilines is 1. The van der Waals surface area contributed by atoms with Gasteiger partial charge in [0.05, 0.1) is 20.8 Å². The van der Waals surface area contributed by atoms with Crippen molar-refractivity contribution in [1.82, 2.24) is 4.98 Å². The number of nitrogens with one attached hydrogen (secondary N) is 1. The lowest BCUT2D eigenvalue weighted by Crippen LogP contribution is -2.48. The Balaban J connectivity index is 1.32. The first kappa shape index (κ1) is 27.8. The van der Waals surface area contributed by atoms with Crippen molar-refractivity contribution in [2.24, 2.45) is 11.8 Å². The topological polar surface area (TPSA) is 113 Å². The van der Waals surface area contributed by atoms with Crippen LogP contribution in [0.5, 0.6) is 0 Å². The molecular weight excluding hydrogens is 570 g/mol. The predicted molar refractivity (Wildman–Crippen MR) is 143 cm³/mol. The quantitative estimate of drug-likeness (QED) is 0.324. The van der Waals surface area contributed by atoms with E-state index in [9.17, 15) is 31.9 Å². The molecule has 1 amide bonds. The fourth-order valence-corrected chi connectivity index (χ4v) is 8.88. The molecule has 2 saturated carbocycles. The summed E-state index contributed by atoms with van der Waals surface area (Å²) >= 11 is 7.53. The van der Waals surface area contributed by atoms with Crippen molar-refractivity contribution < 1.29 is 31.9 Å². The maximum Gasteiger partial charge on any atom is 0.255 e. The Labute approximate surface area is 233 Å². The second kappa shape index (κ2) is 10.7. The van der Waals surface area contributed by atoms with Crippen molar-refractivity contribution in [1.29, 1.82) is 0 Å². The molecule has 2 aliphatic carbocycles. The highest BCUT2D eigenvalue weighted by molar-refractivity contribution is 7.92. The molecule has 3 aromatic rings. The van der Waals surface area contributed by atoms with Gasteiger partial charge in [0, 0.05) is 35.3 Å². The van der Waals surface area contributed by atoms with Gasteiger partial charge in [-0.1, -0.05) is 11.6 Å². The van der Waals surface area contributed by atoms with Crippen molar-refractivity contribution in [2.75, 3.05) is 5.32 Å². The Hall–Kier alpha value is -2.73. The molecule has 3 unspecified atom stereocenters. The first-order valence-electron chi connectivity index (χ1n) is 12.4. The number of aromatic nitrogens is 1. The van der Waals surface area contributed by atoms with Gasteiger partial charge in [-0.2, -0.15) is 0 Å². The van der Waals surface area contributed by atoms with Gasteiger partial charge in [0.15, 0.2) is 32.3 Å². The number of rotatable bonds is 8. The Morgan fingerprint density at radius 2 is 1.82 bits per heavy atom. The van der Waals surface area contributed by atoms with E-state index in [1.807, 2.05) is 0 Å². The number of ketones is 1. The molecule has 2 bridgehead atoms. The molecule has 0 saturated heterocycles. The fourth-order valence-electron chi connectivity index (χ4n) is 5.87. The number of hydrogen-bond acceptors (Lipinski definition) is 7. The van der Waals surface area contributed by atoms with Crippen molar-refractivity contribution in [2.45, 2.75) is 54.3 Å². The molecule has 2 aromatic carbocycles. The van der Waals surface area contributed by atoms with E-state index in [0.717, 1.165) is 12.1 Å². The van der Waals surface area contributed by atoms with Gasteiger partial charge < -0.3 is 10.4 Å². The minimum absolute atomic E-state index is 0.00902. The molecule has 2 N–H and O–H groups in total. The van der Waals surface area contributed by atoms with Gasteiger partial charge in [-0.3, -0.25) is 9.59 Å². The molecule has 1 heterocycles. The second-order valence-corrected chi connectivity index (χ2v) is 13.6. The third kappa shape index (κ3) is 5.37. The number of sulfone groups is 1. The molecule has 12 heteroatoms. The second-order valence-electron chi connectivity index (χ2n) is 10.1. The summed E-state index contributed by atoms with van der Waals surface area (Å²) in [5, 5.41) is 15.2. The van der Waals surface area contributed by atoms with Crippen LogP contribution in [0.1, 0.15) is 58.7 Å². The monoisotopic (exact) mass is 594 g/mol. The molecule has 1 aromatic heterocycles. The summed E-state index contributed by atoms with van der Waals surface area (Å²) in [6.07, 6.45) is 3.67. The van der Waals surface area contributed by atoms with Gasteiger partial charge in [-0.15, -0.1) is 11.3 Å². The zero-order valence-electron chi connectivity index (χ0n) is 20.6. The van der Waals surface area contributed by atoms with Crippen LogP contribution in [0.4, 0.5) is 14.5 Å². The van der Waals surface area contributed by atoms with Gasteiger partial charge in [0.25, 0.3) is 5.91 Å². The van der Waals surface area contributed by atoms with E-state index in [4.69, 9.17) is 11.6 Å². The van der Waals surface area contributed by atoms with Crippen molar-refractivity contribution in [3.8, 4) is 0 Å². The smallest absolute Gasteiger partial charge is 0.255 e. The highest BCUT2D eigenvalue weighted by Crippen LogP contribution is 2.54. The standard InChI is InChI=1S/C27H25ClF2N2O5S2/c28-20-5-1-15(25(34)32-18-4-6-21(29)22(30)14-18)11-24(20)39(36,37)19-12-16-2-3-17(13-19)27(16,35)8-7-23(33)26-31-9-10-38-26/h1,4-6,9-11,14,16-17,19,35H,2-3,7-8,12-13H2,(H,32,34)/t16-,17?,19?,27?/m0/s1. The fraction of sp³-hybridized carbons (Fsp3) is 0.370. The molecule has 5 rings (SSSR count). The van der Waals surface area contributed by atoms with Crippen molar-refractivity contribution >= 4 is 50.2 Å². The molecule has 7 nitrogen and oxygen atoms in total. The van der Waals surface area contributed by atoms with Crippen molar-refractivity contribution in [3.05, 3.63) is 75.2 Å². The Morgan fingerprint density at radius 1 is 1.10 bits per heavy atom. The summed E-state index contributed by atoms with van der Waals surface area (Å²) < 4.78 is 54.2. The van der Waals surface area contributed by atoms with E-state index in [1.165, 1.54) is 35.6 Å². The molecule has 39 heavy (non-hydrogen) atoms. The zero-order chi connectivity index (χ0) is 27.9. The number of nitrogens with zero attached hydrogens (tertiary/aromatic N) is 1. The van der Waals surface area contributed by atoms with Crippen LogP contribution in [0.15, 0.2) is 52.9 Å². The van der Waals surface area contributed by atoms with Gasteiger partial charge in [-0.05, 0) is 74.3 Å². The minimum Gasteiger partial charge on any atom is -0.389 e. The average Bonchev–Trinajstić information content (AvgIpc) is 3.47. The van der Waals surface area contributed by atoms with E-state index in [0.29, 0.717) is 17.8 Å². The number of Topliss-reactive ketones (excluding diaryl/α,β-unsaturated/α-hetero) is 1. The van der Waals surface area contributed by atoms with Crippen molar-refractivity contribution in [3.63, 3.8) is 0 Å². The first-order valence-corrected chi connectivity index (χ1v) is 15.2. The number of amides is 1. The lowest BCUT2D eigenvalue weighted by Gasteiger charge is -2.42. The molecular formula is C27H25ClF2N2O5S2. The number of thiazole rings is 1. The van der Waals surface area contributed by atoms with Crippen LogP contribution >= 0.6 is 22.9 Å². The highest BCUT2D eigenvalue weighted by atomic mass is 35.5. The molecule has 4 atom stereocenters. The first-order chi connectivity index (χ1) is 18.5. The number of fused-ring (bicyclic) bond motifs is 2. The summed E-state index contributed by atoms with van der Waals surface area (Å²) in [5.41, 5.74) is -1.14. The van der Waals surface area contributed by atoms with Crippen LogP contribution in [-0.2, 0) is 9.84 Å². The third-order valence-electron chi connectivity index (χ3n) is 7.91.